The van der Waals surface area contributed by atoms with Crippen molar-refractivity contribution in [3.63, 3.8) is 0 Å². The lowest BCUT2D eigenvalue weighted by Crippen LogP contribution is -2.44. The van der Waals surface area contributed by atoms with E-state index in [9.17, 15) is 9.59 Å². The highest BCUT2D eigenvalue weighted by Crippen LogP contribution is 2.31. The van der Waals surface area contributed by atoms with Crippen molar-refractivity contribution >= 4 is 17.5 Å². The number of likely N-dealkylation sites (tertiary alicyclic amines) is 1. The van der Waals surface area contributed by atoms with Gasteiger partial charge in [-0.3, -0.25) is 9.59 Å². The van der Waals surface area contributed by atoms with Crippen molar-refractivity contribution in [1.29, 1.82) is 0 Å². The van der Waals surface area contributed by atoms with Crippen molar-refractivity contribution in [3.8, 4) is 0 Å². The van der Waals surface area contributed by atoms with Crippen LogP contribution in [0, 0.1) is 18.8 Å². The Kier molecular flexibility index (Phi) is 9.23. The number of aryl methyl sites for hydroxylation is 1. The van der Waals surface area contributed by atoms with Crippen LogP contribution in [0.3, 0.4) is 0 Å². The van der Waals surface area contributed by atoms with E-state index in [-0.39, 0.29) is 23.8 Å². The standard InChI is InChI=1S/C26H41N3O2/c1-20-11-13-24(14-12-20)27-19-21(2)28-26(31)23(17-22-9-5-3-6-10-22)18-25(30)29-15-7-4-8-16-29/h11-14,21-23,27H,3-10,15-19H2,1-2H3,(H,28,31)/t21-,23+/m0/s1. The number of rotatable bonds is 9. The average Bonchev–Trinajstić information content (AvgIpc) is 2.79. The van der Waals surface area contributed by atoms with Crippen LogP contribution in [0.4, 0.5) is 5.69 Å². The largest absolute Gasteiger partial charge is 0.383 e. The summed E-state index contributed by atoms with van der Waals surface area (Å²) in [6.07, 6.45) is 10.8. The second kappa shape index (κ2) is 12.1. The molecule has 0 unspecified atom stereocenters. The minimum absolute atomic E-state index is 0.00717. The molecule has 1 aromatic rings. The van der Waals surface area contributed by atoms with Gasteiger partial charge in [0.25, 0.3) is 0 Å². The molecule has 2 fully saturated rings. The molecule has 2 amide bonds. The van der Waals surface area contributed by atoms with Crippen molar-refractivity contribution < 1.29 is 9.59 Å². The first-order chi connectivity index (χ1) is 15.0. The Bertz CT molecular complexity index is 691. The summed E-state index contributed by atoms with van der Waals surface area (Å²) in [5, 5.41) is 6.59. The summed E-state index contributed by atoms with van der Waals surface area (Å²) in [5.41, 5.74) is 2.29. The van der Waals surface area contributed by atoms with Gasteiger partial charge in [-0.25, -0.2) is 0 Å². The molecule has 5 heteroatoms. The van der Waals surface area contributed by atoms with Crippen molar-refractivity contribution in [2.45, 2.75) is 84.1 Å². The molecule has 1 aliphatic heterocycles. The topological polar surface area (TPSA) is 61.4 Å². The SMILES string of the molecule is Cc1ccc(NC[C@H](C)NC(=O)[C@@H](CC(=O)N2CCCCC2)CC2CCCCC2)cc1. The second-order valence-corrected chi connectivity index (χ2v) is 9.74. The third-order valence-electron chi connectivity index (χ3n) is 6.90. The smallest absolute Gasteiger partial charge is 0.223 e. The molecule has 5 nitrogen and oxygen atoms in total. The van der Waals surface area contributed by atoms with Crippen molar-refractivity contribution in [3.05, 3.63) is 29.8 Å². The van der Waals surface area contributed by atoms with Gasteiger partial charge in [0.2, 0.25) is 11.8 Å². The first-order valence-corrected chi connectivity index (χ1v) is 12.4. The fourth-order valence-electron chi connectivity index (χ4n) is 4.95. The second-order valence-electron chi connectivity index (χ2n) is 9.74. The molecular weight excluding hydrogens is 386 g/mol. The Hall–Kier alpha value is -2.04. The van der Waals surface area contributed by atoms with E-state index < -0.39 is 0 Å². The van der Waals surface area contributed by atoms with E-state index in [0.717, 1.165) is 38.0 Å². The molecule has 0 spiro atoms. The number of piperidine rings is 1. The van der Waals surface area contributed by atoms with Crippen LogP contribution in [0.1, 0.15) is 76.7 Å². The van der Waals surface area contributed by atoms with Gasteiger partial charge in [0, 0.05) is 43.7 Å². The molecule has 0 aromatic heterocycles. The zero-order chi connectivity index (χ0) is 22.1. The van der Waals surface area contributed by atoms with Gasteiger partial charge in [-0.2, -0.15) is 0 Å². The summed E-state index contributed by atoms with van der Waals surface area (Å²) >= 11 is 0. The lowest BCUT2D eigenvalue weighted by molar-refractivity contribution is -0.137. The van der Waals surface area contributed by atoms with Crippen LogP contribution >= 0.6 is 0 Å². The minimum Gasteiger partial charge on any atom is -0.383 e. The zero-order valence-electron chi connectivity index (χ0n) is 19.5. The predicted octanol–water partition coefficient (Wildman–Crippen LogP) is 4.90. The van der Waals surface area contributed by atoms with E-state index in [0.29, 0.717) is 18.9 Å². The molecule has 2 atom stereocenters. The molecule has 3 rings (SSSR count). The number of benzene rings is 1. The summed E-state index contributed by atoms with van der Waals surface area (Å²) in [6.45, 7) is 6.49. The molecule has 2 N–H and O–H groups in total. The maximum atomic E-state index is 13.2. The number of nitrogens with zero attached hydrogens (tertiary/aromatic N) is 1. The van der Waals surface area contributed by atoms with Crippen LogP contribution in [-0.4, -0.2) is 42.4 Å². The van der Waals surface area contributed by atoms with Gasteiger partial charge < -0.3 is 15.5 Å². The average molecular weight is 428 g/mol. The van der Waals surface area contributed by atoms with Crippen molar-refractivity contribution in [2.24, 2.45) is 11.8 Å². The Morgan fingerprint density at radius 1 is 1.00 bits per heavy atom. The molecule has 2 aliphatic rings. The number of anilines is 1. The van der Waals surface area contributed by atoms with Crippen LogP contribution in [0.5, 0.6) is 0 Å². The minimum atomic E-state index is -0.209. The normalized spacial score (nSPS) is 19.5. The molecule has 1 aromatic carbocycles. The lowest BCUT2D eigenvalue weighted by atomic mass is 9.81. The van der Waals surface area contributed by atoms with E-state index in [1.807, 2.05) is 11.8 Å². The summed E-state index contributed by atoms with van der Waals surface area (Å²) in [5.74, 6) is 0.592. The fraction of sp³-hybridized carbons (Fsp3) is 0.692. The van der Waals surface area contributed by atoms with Crippen LogP contribution < -0.4 is 10.6 Å². The number of amides is 2. The van der Waals surface area contributed by atoms with Gasteiger partial charge in [-0.05, 0) is 57.6 Å². The van der Waals surface area contributed by atoms with Gasteiger partial charge in [-0.15, -0.1) is 0 Å². The highest BCUT2D eigenvalue weighted by atomic mass is 16.2. The van der Waals surface area contributed by atoms with Crippen LogP contribution in [0.2, 0.25) is 0 Å². The molecule has 0 bridgehead atoms. The maximum absolute atomic E-state index is 13.2. The van der Waals surface area contributed by atoms with Crippen LogP contribution in [-0.2, 0) is 9.59 Å². The lowest BCUT2D eigenvalue weighted by Gasteiger charge is -2.30. The first-order valence-electron chi connectivity index (χ1n) is 12.4. The summed E-state index contributed by atoms with van der Waals surface area (Å²) in [7, 11) is 0. The molecule has 1 heterocycles. The molecule has 172 valence electrons. The molecule has 0 radical (unpaired) electrons. The Morgan fingerprint density at radius 3 is 2.32 bits per heavy atom. The van der Waals surface area contributed by atoms with Crippen molar-refractivity contribution in [1.82, 2.24) is 10.2 Å². The number of carbonyl (C=O) groups is 2. The Morgan fingerprint density at radius 2 is 1.65 bits per heavy atom. The quantitative estimate of drug-likeness (QED) is 0.589. The monoisotopic (exact) mass is 427 g/mol. The van der Waals surface area contributed by atoms with Gasteiger partial charge in [-0.1, -0.05) is 49.8 Å². The molecule has 31 heavy (non-hydrogen) atoms. The number of carbonyl (C=O) groups excluding carboxylic acids is 2. The molecular formula is C26H41N3O2. The van der Waals surface area contributed by atoms with Crippen LogP contribution in [0.25, 0.3) is 0 Å². The van der Waals surface area contributed by atoms with Crippen LogP contribution in [0.15, 0.2) is 24.3 Å². The fourth-order valence-corrected chi connectivity index (χ4v) is 4.95. The third kappa shape index (κ3) is 7.86. The summed E-state index contributed by atoms with van der Waals surface area (Å²) in [6, 6.07) is 8.29. The number of hydrogen-bond donors (Lipinski definition) is 2. The Labute approximate surface area is 188 Å². The highest BCUT2D eigenvalue weighted by Gasteiger charge is 2.29. The van der Waals surface area contributed by atoms with E-state index in [1.54, 1.807) is 0 Å². The van der Waals surface area contributed by atoms with Crippen molar-refractivity contribution in [2.75, 3.05) is 25.0 Å². The molecule has 1 saturated carbocycles. The molecule has 1 aliphatic carbocycles. The van der Waals surface area contributed by atoms with E-state index in [2.05, 4.69) is 41.8 Å². The van der Waals surface area contributed by atoms with Gasteiger partial charge in [0.1, 0.15) is 0 Å². The zero-order valence-corrected chi connectivity index (χ0v) is 19.5. The third-order valence-corrected chi connectivity index (χ3v) is 6.90. The summed E-state index contributed by atoms with van der Waals surface area (Å²) < 4.78 is 0. The first kappa shape index (κ1) is 23.6. The van der Waals surface area contributed by atoms with E-state index in [4.69, 9.17) is 0 Å². The highest BCUT2D eigenvalue weighted by molar-refractivity contribution is 5.86. The predicted molar refractivity (Wildman–Crippen MR) is 127 cm³/mol. The molecule has 1 saturated heterocycles. The Balaban J connectivity index is 1.54. The van der Waals surface area contributed by atoms with E-state index >= 15 is 0 Å². The van der Waals surface area contributed by atoms with Gasteiger partial charge in [0.05, 0.1) is 0 Å². The number of nitrogens with one attached hydrogen (secondary N) is 2. The number of hydrogen-bond acceptors (Lipinski definition) is 3. The van der Waals surface area contributed by atoms with Gasteiger partial charge in [0.15, 0.2) is 0 Å². The van der Waals surface area contributed by atoms with E-state index in [1.165, 1.54) is 44.1 Å². The maximum Gasteiger partial charge on any atom is 0.223 e. The van der Waals surface area contributed by atoms with Gasteiger partial charge >= 0.3 is 0 Å². The summed E-state index contributed by atoms with van der Waals surface area (Å²) in [4.78, 5) is 28.1.